The summed E-state index contributed by atoms with van der Waals surface area (Å²) in [6.07, 6.45) is -2.26. The Morgan fingerprint density at radius 2 is 2.05 bits per heavy atom. The van der Waals surface area contributed by atoms with Gasteiger partial charge in [-0.25, -0.2) is 8.42 Å². The number of likely N-dealkylation sites (tertiary alicyclic amines) is 1. The lowest BCUT2D eigenvalue weighted by molar-refractivity contribution is -0.143. The fraction of sp³-hybridized carbons (Fsp3) is 1.00. The van der Waals surface area contributed by atoms with Gasteiger partial charge in [0.2, 0.25) is 0 Å². The molecule has 2 atom stereocenters. The van der Waals surface area contributed by atoms with E-state index in [1.54, 1.807) is 6.92 Å². The minimum atomic E-state index is -4.15. The first-order valence-electron chi connectivity index (χ1n) is 6.25. The van der Waals surface area contributed by atoms with Gasteiger partial charge in [0.1, 0.15) is 9.84 Å². The van der Waals surface area contributed by atoms with Crippen LogP contribution in [0.1, 0.15) is 13.3 Å². The van der Waals surface area contributed by atoms with Gasteiger partial charge < -0.3 is 5.32 Å². The van der Waals surface area contributed by atoms with Crippen LogP contribution in [-0.2, 0) is 9.84 Å². The maximum atomic E-state index is 12.2. The summed E-state index contributed by atoms with van der Waals surface area (Å²) >= 11 is 0. The number of alkyl halides is 3. The van der Waals surface area contributed by atoms with Crippen LogP contribution < -0.4 is 5.32 Å². The summed E-state index contributed by atoms with van der Waals surface area (Å²) in [6.45, 7) is 2.33. The van der Waals surface area contributed by atoms with Gasteiger partial charge in [0.25, 0.3) is 0 Å². The molecule has 8 heteroatoms. The van der Waals surface area contributed by atoms with Crippen molar-refractivity contribution >= 4 is 9.84 Å². The lowest BCUT2D eigenvalue weighted by atomic mass is 10.1. The average Bonchev–Trinajstić information content (AvgIpc) is 2.57. The molecule has 0 amide bonds. The molecule has 0 radical (unpaired) electrons. The topological polar surface area (TPSA) is 49.4 Å². The van der Waals surface area contributed by atoms with E-state index < -0.39 is 22.6 Å². The maximum absolute atomic E-state index is 12.2. The normalized spacial score (nSPS) is 23.7. The third kappa shape index (κ3) is 7.74. The fourth-order valence-corrected chi connectivity index (χ4v) is 3.38. The number of halogens is 3. The lowest BCUT2D eigenvalue weighted by Gasteiger charge is -2.19. The Kier molecular flexibility index (Phi) is 5.64. The Labute approximate surface area is 112 Å². The molecule has 19 heavy (non-hydrogen) atoms. The summed E-state index contributed by atoms with van der Waals surface area (Å²) in [5.41, 5.74) is 0. The minimum absolute atomic E-state index is 0.0476. The van der Waals surface area contributed by atoms with Crippen molar-refractivity contribution in [2.75, 3.05) is 38.2 Å². The summed E-state index contributed by atoms with van der Waals surface area (Å²) in [7, 11) is -3.03. The highest BCUT2D eigenvalue weighted by molar-refractivity contribution is 7.90. The molecule has 0 spiro atoms. The molecule has 4 nitrogen and oxygen atoms in total. The van der Waals surface area contributed by atoms with Crippen LogP contribution in [0.3, 0.4) is 0 Å². The van der Waals surface area contributed by atoms with Crippen molar-refractivity contribution in [3.8, 4) is 0 Å². The molecule has 0 aliphatic carbocycles. The van der Waals surface area contributed by atoms with Gasteiger partial charge in [-0.1, -0.05) is 0 Å². The van der Waals surface area contributed by atoms with E-state index in [1.165, 1.54) is 11.2 Å². The average molecular weight is 302 g/mol. The summed E-state index contributed by atoms with van der Waals surface area (Å²) in [6, 6.07) is -0.174. The van der Waals surface area contributed by atoms with Crippen molar-refractivity contribution in [3.63, 3.8) is 0 Å². The minimum Gasteiger partial charge on any atom is -0.313 e. The summed E-state index contributed by atoms with van der Waals surface area (Å²) in [5.74, 6) is 0.204. The highest BCUT2D eigenvalue weighted by Crippen LogP contribution is 2.22. The third-order valence-electron chi connectivity index (χ3n) is 3.08. The molecule has 1 aliphatic heterocycles. The smallest absolute Gasteiger partial charge is 0.313 e. The molecule has 2 unspecified atom stereocenters. The highest BCUT2D eigenvalue weighted by atomic mass is 32.2. The molecule has 0 saturated carbocycles. The molecule has 0 aromatic carbocycles. The predicted molar refractivity (Wildman–Crippen MR) is 67.8 cm³/mol. The molecule has 1 N–H and O–H groups in total. The number of nitrogens with one attached hydrogen (secondary N) is 1. The number of nitrogens with zero attached hydrogens (tertiary/aromatic N) is 1. The molecule has 1 fully saturated rings. The van der Waals surface area contributed by atoms with E-state index in [2.05, 4.69) is 5.32 Å². The zero-order valence-corrected chi connectivity index (χ0v) is 12.0. The van der Waals surface area contributed by atoms with E-state index in [0.29, 0.717) is 26.1 Å². The van der Waals surface area contributed by atoms with Crippen LogP contribution in [-0.4, -0.2) is 63.7 Å². The van der Waals surface area contributed by atoms with E-state index in [9.17, 15) is 21.6 Å². The molecule has 1 heterocycles. The van der Waals surface area contributed by atoms with Gasteiger partial charge in [-0.3, -0.25) is 4.90 Å². The molecule has 1 aliphatic rings. The van der Waals surface area contributed by atoms with E-state index in [0.717, 1.165) is 0 Å². The van der Waals surface area contributed by atoms with Gasteiger partial charge in [-0.2, -0.15) is 13.2 Å². The van der Waals surface area contributed by atoms with Crippen molar-refractivity contribution in [2.45, 2.75) is 25.6 Å². The van der Waals surface area contributed by atoms with Gasteiger partial charge in [-0.15, -0.1) is 0 Å². The van der Waals surface area contributed by atoms with E-state index in [-0.39, 0.29) is 17.7 Å². The quantitative estimate of drug-likeness (QED) is 0.792. The van der Waals surface area contributed by atoms with Crippen LogP contribution in [0.15, 0.2) is 0 Å². The Balaban J connectivity index is 2.26. The SMILES string of the molecule is CC(CS(C)(=O)=O)NCC1CCN(CC(F)(F)F)C1. The zero-order chi connectivity index (χ0) is 14.7. The van der Waals surface area contributed by atoms with Gasteiger partial charge in [0, 0.05) is 18.8 Å². The molecule has 0 aromatic heterocycles. The lowest BCUT2D eigenvalue weighted by Crippen LogP contribution is -2.37. The number of rotatable bonds is 6. The summed E-state index contributed by atoms with van der Waals surface area (Å²) < 4.78 is 58.8. The van der Waals surface area contributed by atoms with Gasteiger partial charge >= 0.3 is 6.18 Å². The van der Waals surface area contributed by atoms with E-state index in [1.807, 2.05) is 0 Å². The van der Waals surface area contributed by atoms with E-state index >= 15 is 0 Å². The monoisotopic (exact) mass is 302 g/mol. The van der Waals surface area contributed by atoms with Crippen LogP contribution >= 0.6 is 0 Å². The second-order valence-electron chi connectivity index (χ2n) is 5.41. The first-order valence-corrected chi connectivity index (χ1v) is 8.31. The van der Waals surface area contributed by atoms with Gasteiger partial charge in [0.05, 0.1) is 12.3 Å². The predicted octanol–water partition coefficient (Wildman–Crippen LogP) is 0.893. The molecule has 0 bridgehead atoms. The standard InChI is InChI=1S/C11H21F3N2O2S/c1-9(7-19(2,17)18)15-5-10-3-4-16(6-10)8-11(12,13)14/h9-10,15H,3-8H2,1-2H3. The molecule has 1 saturated heterocycles. The second-order valence-corrected chi connectivity index (χ2v) is 7.59. The molecule has 114 valence electrons. The Morgan fingerprint density at radius 1 is 1.42 bits per heavy atom. The first kappa shape index (κ1) is 16.7. The highest BCUT2D eigenvalue weighted by Gasteiger charge is 2.34. The van der Waals surface area contributed by atoms with Gasteiger partial charge in [-0.05, 0) is 32.4 Å². The second kappa shape index (κ2) is 6.41. The molecular weight excluding hydrogens is 281 g/mol. The van der Waals surface area contributed by atoms with Crippen LogP contribution in [0, 0.1) is 5.92 Å². The van der Waals surface area contributed by atoms with Gasteiger partial charge in [0.15, 0.2) is 0 Å². The molecular formula is C11H21F3N2O2S. The third-order valence-corrected chi connectivity index (χ3v) is 4.19. The molecule has 0 aromatic rings. The van der Waals surface area contributed by atoms with Crippen molar-refractivity contribution < 1.29 is 21.6 Å². The number of hydrogen-bond acceptors (Lipinski definition) is 4. The largest absolute Gasteiger partial charge is 0.401 e. The molecule has 1 rings (SSSR count). The van der Waals surface area contributed by atoms with Crippen molar-refractivity contribution in [3.05, 3.63) is 0 Å². The Bertz CT molecular complexity index is 384. The Morgan fingerprint density at radius 3 is 2.58 bits per heavy atom. The Hall–Kier alpha value is -0.340. The number of hydrogen-bond donors (Lipinski definition) is 1. The van der Waals surface area contributed by atoms with Crippen molar-refractivity contribution in [1.82, 2.24) is 10.2 Å². The first-order chi connectivity index (χ1) is 8.55. The zero-order valence-electron chi connectivity index (χ0n) is 11.2. The maximum Gasteiger partial charge on any atom is 0.401 e. The van der Waals surface area contributed by atoms with Crippen LogP contribution in [0.2, 0.25) is 0 Å². The summed E-state index contributed by atoms with van der Waals surface area (Å²) in [4.78, 5) is 1.40. The van der Waals surface area contributed by atoms with Crippen LogP contribution in [0.5, 0.6) is 0 Å². The van der Waals surface area contributed by atoms with Crippen molar-refractivity contribution in [1.29, 1.82) is 0 Å². The van der Waals surface area contributed by atoms with Crippen LogP contribution in [0.25, 0.3) is 0 Å². The summed E-state index contributed by atoms with van der Waals surface area (Å²) in [5, 5.41) is 3.08. The number of sulfone groups is 1. The fourth-order valence-electron chi connectivity index (χ4n) is 2.36. The van der Waals surface area contributed by atoms with Crippen molar-refractivity contribution in [2.24, 2.45) is 5.92 Å². The van der Waals surface area contributed by atoms with E-state index in [4.69, 9.17) is 0 Å². The van der Waals surface area contributed by atoms with Crippen LogP contribution in [0.4, 0.5) is 13.2 Å².